The van der Waals surface area contributed by atoms with Gasteiger partial charge in [-0.15, -0.1) is 0 Å². The Bertz CT molecular complexity index is 1180. The predicted octanol–water partition coefficient (Wildman–Crippen LogP) is 4.69. The van der Waals surface area contributed by atoms with Crippen LogP contribution in [0, 0.1) is 5.92 Å². The molecular formula is C27H32N6O2. The smallest absolute Gasteiger partial charge is 0.258 e. The Morgan fingerprint density at radius 3 is 2.43 bits per heavy atom. The summed E-state index contributed by atoms with van der Waals surface area (Å²) in [6, 6.07) is 16.7. The molecule has 1 aromatic heterocycles. The molecule has 8 heteroatoms. The fraction of sp³-hybridized carbons (Fsp3) is 0.333. The van der Waals surface area contributed by atoms with Crippen molar-refractivity contribution in [2.75, 3.05) is 22.6 Å². The van der Waals surface area contributed by atoms with Gasteiger partial charge in [0.1, 0.15) is 5.82 Å². The van der Waals surface area contributed by atoms with E-state index < -0.39 is 0 Å². The van der Waals surface area contributed by atoms with Crippen molar-refractivity contribution in [1.82, 2.24) is 9.97 Å². The molecule has 0 radical (unpaired) electrons. The summed E-state index contributed by atoms with van der Waals surface area (Å²) in [6.45, 7) is 4.17. The molecule has 3 aromatic rings. The molecule has 1 aliphatic carbocycles. The standard InChI is InChI=1S/C27H32N6O2/c1-17(2)22-16-29-27(32-25(22)31-23-11-7-10-21(23)24(28)34)30-19-14-12-18(13-15-19)26(35)33(3)20-8-5-4-6-9-20/h4-6,8-9,12-17,21,23H,7,10-11H2,1-3H3,(H2,28,34)(H2,29,30,31,32)/t21-,23?/m0/s1. The van der Waals surface area contributed by atoms with E-state index in [2.05, 4.69) is 29.5 Å². The van der Waals surface area contributed by atoms with Gasteiger partial charge in [-0.25, -0.2) is 4.98 Å². The number of carbonyl (C=O) groups excluding carboxylic acids is 2. The van der Waals surface area contributed by atoms with Gasteiger partial charge in [0.05, 0.1) is 5.92 Å². The van der Waals surface area contributed by atoms with E-state index in [1.807, 2.05) is 48.7 Å². The molecule has 0 spiro atoms. The molecule has 1 saturated carbocycles. The highest BCUT2D eigenvalue weighted by Crippen LogP contribution is 2.31. The van der Waals surface area contributed by atoms with Crippen LogP contribution in [0.3, 0.4) is 0 Å². The zero-order chi connectivity index (χ0) is 24.9. The molecule has 1 fully saturated rings. The fourth-order valence-corrected chi connectivity index (χ4v) is 4.43. The molecule has 1 aliphatic rings. The molecule has 182 valence electrons. The first-order chi connectivity index (χ1) is 16.8. The zero-order valence-corrected chi connectivity index (χ0v) is 20.4. The van der Waals surface area contributed by atoms with Crippen molar-refractivity contribution < 1.29 is 9.59 Å². The monoisotopic (exact) mass is 472 g/mol. The van der Waals surface area contributed by atoms with Crippen molar-refractivity contribution in [1.29, 1.82) is 0 Å². The first-order valence-corrected chi connectivity index (χ1v) is 12.0. The van der Waals surface area contributed by atoms with Gasteiger partial charge in [-0.05, 0) is 55.2 Å². The molecule has 8 nitrogen and oxygen atoms in total. The lowest BCUT2D eigenvalue weighted by molar-refractivity contribution is -0.121. The molecule has 4 rings (SSSR count). The van der Waals surface area contributed by atoms with Gasteiger partial charge < -0.3 is 21.3 Å². The van der Waals surface area contributed by atoms with Crippen molar-refractivity contribution in [3.05, 3.63) is 71.9 Å². The van der Waals surface area contributed by atoms with Crippen LogP contribution in [0.2, 0.25) is 0 Å². The topological polar surface area (TPSA) is 113 Å². The van der Waals surface area contributed by atoms with Gasteiger partial charge in [-0.1, -0.05) is 38.5 Å². The number of anilines is 4. The van der Waals surface area contributed by atoms with E-state index in [1.165, 1.54) is 0 Å². The number of primary amides is 1. The van der Waals surface area contributed by atoms with Gasteiger partial charge in [0.15, 0.2) is 0 Å². The third-order valence-corrected chi connectivity index (χ3v) is 6.48. The van der Waals surface area contributed by atoms with Crippen molar-refractivity contribution in [3.8, 4) is 0 Å². The lowest BCUT2D eigenvalue weighted by atomic mass is 10.0. The highest BCUT2D eigenvalue weighted by Gasteiger charge is 2.32. The van der Waals surface area contributed by atoms with Crippen LogP contribution in [0.4, 0.5) is 23.1 Å². The molecule has 4 N–H and O–H groups in total. The fourth-order valence-electron chi connectivity index (χ4n) is 4.43. The molecule has 2 atom stereocenters. The second-order valence-corrected chi connectivity index (χ2v) is 9.24. The van der Waals surface area contributed by atoms with Gasteiger partial charge in [0, 0.05) is 41.8 Å². The number of nitrogens with zero attached hydrogens (tertiary/aromatic N) is 3. The Hall–Kier alpha value is -3.94. The summed E-state index contributed by atoms with van der Waals surface area (Å²) in [5, 5.41) is 6.68. The number of nitrogens with two attached hydrogens (primary N) is 1. The minimum atomic E-state index is -0.272. The van der Waals surface area contributed by atoms with Crippen molar-refractivity contribution >= 4 is 35.0 Å². The third-order valence-electron chi connectivity index (χ3n) is 6.48. The van der Waals surface area contributed by atoms with Crippen molar-refractivity contribution in [3.63, 3.8) is 0 Å². The Morgan fingerprint density at radius 1 is 1.06 bits per heavy atom. The van der Waals surface area contributed by atoms with Crippen LogP contribution in [0.15, 0.2) is 60.8 Å². The highest BCUT2D eigenvalue weighted by molar-refractivity contribution is 6.05. The van der Waals surface area contributed by atoms with Crippen molar-refractivity contribution in [2.24, 2.45) is 11.7 Å². The number of carbonyl (C=O) groups is 2. The number of para-hydroxylation sites is 1. The van der Waals surface area contributed by atoms with Gasteiger partial charge in [-0.3, -0.25) is 9.59 Å². The number of benzene rings is 2. The molecule has 0 saturated heterocycles. The van der Waals surface area contributed by atoms with E-state index in [0.717, 1.165) is 36.2 Å². The molecule has 2 aromatic carbocycles. The number of hydrogen-bond acceptors (Lipinski definition) is 6. The summed E-state index contributed by atoms with van der Waals surface area (Å²) in [5.74, 6) is 0.809. The van der Waals surface area contributed by atoms with E-state index in [0.29, 0.717) is 17.3 Å². The molecule has 2 amide bonds. The average molecular weight is 473 g/mol. The van der Waals surface area contributed by atoms with E-state index >= 15 is 0 Å². The average Bonchev–Trinajstić information content (AvgIpc) is 3.32. The number of aromatic nitrogens is 2. The van der Waals surface area contributed by atoms with E-state index in [9.17, 15) is 9.59 Å². The summed E-state index contributed by atoms with van der Waals surface area (Å²) in [5.41, 5.74) is 8.77. The summed E-state index contributed by atoms with van der Waals surface area (Å²) in [7, 11) is 1.76. The normalized spacial score (nSPS) is 17.3. The maximum absolute atomic E-state index is 12.8. The molecule has 1 heterocycles. The second-order valence-electron chi connectivity index (χ2n) is 9.24. The zero-order valence-electron chi connectivity index (χ0n) is 20.4. The molecule has 35 heavy (non-hydrogen) atoms. The summed E-state index contributed by atoms with van der Waals surface area (Å²) in [4.78, 5) is 35.5. The number of amides is 2. The SMILES string of the molecule is CC(C)c1cnc(Nc2ccc(C(=O)N(C)c3ccccc3)cc2)nc1NC1CCC[C@@H]1C(N)=O. The van der Waals surface area contributed by atoms with Crippen LogP contribution in [-0.4, -0.2) is 34.9 Å². The van der Waals surface area contributed by atoms with Crippen LogP contribution in [0.1, 0.15) is 54.9 Å². The Kier molecular flexibility index (Phi) is 7.29. The quantitative estimate of drug-likeness (QED) is 0.438. The van der Waals surface area contributed by atoms with Crippen LogP contribution in [-0.2, 0) is 4.79 Å². The third kappa shape index (κ3) is 5.59. The van der Waals surface area contributed by atoms with Crippen LogP contribution in [0.5, 0.6) is 0 Å². The number of rotatable bonds is 8. The Morgan fingerprint density at radius 2 is 1.77 bits per heavy atom. The van der Waals surface area contributed by atoms with Crippen LogP contribution >= 0.6 is 0 Å². The summed E-state index contributed by atoms with van der Waals surface area (Å²) < 4.78 is 0. The minimum Gasteiger partial charge on any atom is -0.369 e. The van der Waals surface area contributed by atoms with Gasteiger partial charge in [0.25, 0.3) is 5.91 Å². The van der Waals surface area contributed by atoms with Gasteiger partial charge in [-0.2, -0.15) is 4.98 Å². The lowest BCUT2D eigenvalue weighted by Crippen LogP contribution is -2.34. The highest BCUT2D eigenvalue weighted by atomic mass is 16.2. The van der Waals surface area contributed by atoms with Crippen molar-refractivity contribution in [2.45, 2.75) is 45.1 Å². The van der Waals surface area contributed by atoms with E-state index in [1.54, 1.807) is 24.1 Å². The van der Waals surface area contributed by atoms with Crippen LogP contribution in [0.25, 0.3) is 0 Å². The second kappa shape index (κ2) is 10.5. The number of nitrogens with one attached hydrogen (secondary N) is 2. The first-order valence-electron chi connectivity index (χ1n) is 12.0. The number of hydrogen-bond donors (Lipinski definition) is 3. The Balaban J connectivity index is 1.49. The van der Waals surface area contributed by atoms with Crippen LogP contribution < -0.4 is 21.3 Å². The summed E-state index contributed by atoms with van der Waals surface area (Å²) >= 11 is 0. The molecule has 1 unspecified atom stereocenters. The maximum Gasteiger partial charge on any atom is 0.258 e. The van der Waals surface area contributed by atoms with E-state index in [4.69, 9.17) is 10.7 Å². The first kappa shape index (κ1) is 24.2. The van der Waals surface area contributed by atoms with Gasteiger partial charge >= 0.3 is 0 Å². The Labute approximate surface area is 206 Å². The minimum absolute atomic E-state index is 0.0281. The molecular weight excluding hydrogens is 440 g/mol. The summed E-state index contributed by atoms with van der Waals surface area (Å²) in [6.07, 6.45) is 4.45. The molecule has 0 aliphatic heterocycles. The van der Waals surface area contributed by atoms with E-state index in [-0.39, 0.29) is 29.7 Å². The largest absolute Gasteiger partial charge is 0.369 e. The predicted molar refractivity (Wildman–Crippen MR) is 139 cm³/mol. The lowest BCUT2D eigenvalue weighted by Gasteiger charge is -2.22. The van der Waals surface area contributed by atoms with Gasteiger partial charge in [0.2, 0.25) is 11.9 Å². The maximum atomic E-state index is 12.8. The molecule has 0 bridgehead atoms.